The van der Waals surface area contributed by atoms with Crippen LogP contribution in [0.2, 0.25) is 8.26 Å². The third-order valence-corrected chi connectivity index (χ3v) is 17.5. The molecule has 0 amide bonds. The zero-order valence-electron chi connectivity index (χ0n) is 14.7. The first-order valence-electron chi connectivity index (χ1n) is 8.76. The molecule has 0 unspecified atom stereocenters. The standard InChI is InChI=1S/2C10H9.C2H4.2ClH.Zr/c2*1-8-4-2-5-9-6-3-7-10(8)9;1-2;;;/h2*2,4-5,7H,6H2,1H3;1-2H2;2*1H;/q;;;;;+2/p-2. The van der Waals surface area contributed by atoms with Gasteiger partial charge in [0.15, 0.2) is 0 Å². The molecule has 0 N–H and O–H groups in total. The zero-order chi connectivity index (χ0) is 15.6. The molecule has 0 saturated carbocycles. The van der Waals surface area contributed by atoms with E-state index >= 15 is 0 Å². The molecule has 5 rings (SSSR count). The normalized spacial score (nSPS) is 17.0. The maximum absolute atomic E-state index is 2.60. The molecule has 25 heavy (non-hydrogen) atoms. The molecule has 0 nitrogen and oxygen atoms in total. The van der Waals surface area contributed by atoms with E-state index in [0.717, 1.165) is 0 Å². The van der Waals surface area contributed by atoms with Crippen LogP contribution in [0.4, 0.5) is 0 Å². The van der Waals surface area contributed by atoms with E-state index in [0.29, 0.717) is 0 Å². The van der Waals surface area contributed by atoms with Crippen LogP contribution in [0.1, 0.15) is 33.4 Å². The number of hydrogen-bond donors (Lipinski definition) is 0. The molecular weight excluding hydrogens is 426 g/mol. The average molecular weight is 449 g/mol. The Morgan fingerprint density at radius 1 is 0.680 bits per heavy atom. The topological polar surface area (TPSA) is 0 Å². The summed E-state index contributed by atoms with van der Waals surface area (Å²) in [7, 11) is 0. The molecule has 2 aromatic carbocycles. The number of fused-ring (bicyclic) bond motifs is 2. The Hall–Kier alpha value is -0.617. The second-order valence-corrected chi connectivity index (χ2v) is 18.5. The predicted octanol–water partition coefficient (Wildman–Crippen LogP) is -0.190. The Bertz CT molecular complexity index is 833. The summed E-state index contributed by atoms with van der Waals surface area (Å²) < 4.78 is 6.85. The monoisotopic (exact) mass is 446 g/mol. The molecule has 0 radical (unpaired) electrons. The van der Waals surface area contributed by atoms with Crippen LogP contribution in [-0.4, -0.2) is 0 Å². The van der Waals surface area contributed by atoms with Crippen molar-refractivity contribution in [2.24, 2.45) is 0 Å². The van der Waals surface area contributed by atoms with Gasteiger partial charge in [0.1, 0.15) is 0 Å². The van der Waals surface area contributed by atoms with Crippen molar-refractivity contribution in [2.75, 3.05) is 0 Å². The summed E-state index contributed by atoms with van der Waals surface area (Å²) in [5.41, 5.74) is 9.15. The second-order valence-electron chi connectivity index (χ2n) is 7.57. The van der Waals surface area contributed by atoms with E-state index in [1.54, 1.807) is 19.4 Å². The summed E-state index contributed by atoms with van der Waals surface area (Å²) in [4.78, 5) is 0. The molecule has 1 aliphatic heterocycles. The van der Waals surface area contributed by atoms with Gasteiger partial charge in [-0.05, 0) is 0 Å². The van der Waals surface area contributed by atoms with Crippen molar-refractivity contribution in [1.82, 2.24) is 0 Å². The summed E-state index contributed by atoms with van der Waals surface area (Å²) in [6.45, 7) is 4.53. The molecule has 0 atom stereocenters. The zero-order valence-corrected chi connectivity index (χ0v) is 18.7. The van der Waals surface area contributed by atoms with Crippen LogP contribution in [0.5, 0.6) is 0 Å². The van der Waals surface area contributed by atoms with E-state index in [2.05, 4.69) is 62.4 Å². The van der Waals surface area contributed by atoms with Gasteiger partial charge in [0.05, 0.1) is 0 Å². The number of benzene rings is 2. The van der Waals surface area contributed by atoms with Gasteiger partial charge in [-0.25, -0.2) is 0 Å². The molecule has 1 heterocycles. The quantitative estimate of drug-likeness (QED) is 0.598. The fourth-order valence-corrected chi connectivity index (χ4v) is 17.7. The van der Waals surface area contributed by atoms with Crippen LogP contribution < -0.4 is 24.8 Å². The Morgan fingerprint density at radius 3 is 1.48 bits per heavy atom. The van der Waals surface area contributed by atoms with Crippen LogP contribution in [0, 0.1) is 13.8 Å². The number of aryl methyl sites for hydroxylation is 2. The fourth-order valence-electron chi connectivity index (χ4n) is 4.65. The number of allylic oxidation sites excluding steroid dienone is 2. The van der Waals surface area contributed by atoms with Crippen molar-refractivity contribution in [2.45, 2.75) is 34.9 Å². The number of rotatable bonds is 2. The smallest absolute Gasteiger partial charge is 1.00 e. The van der Waals surface area contributed by atoms with Gasteiger partial charge in [-0.15, -0.1) is 0 Å². The molecule has 0 bridgehead atoms. The van der Waals surface area contributed by atoms with Gasteiger partial charge in [-0.3, -0.25) is 0 Å². The summed E-state index contributed by atoms with van der Waals surface area (Å²) in [5.74, 6) is 0. The van der Waals surface area contributed by atoms with Crippen molar-refractivity contribution >= 4 is 12.2 Å². The van der Waals surface area contributed by atoms with Crippen molar-refractivity contribution in [1.29, 1.82) is 0 Å². The van der Waals surface area contributed by atoms with Gasteiger partial charge in [-0.1, -0.05) is 0 Å². The average Bonchev–Trinajstić information content (AvgIpc) is 3.03. The van der Waals surface area contributed by atoms with E-state index in [1.165, 1.54) is 35.1 Å². The van der Waals surface area contributed by atoms with E-state index in [4.69, 9.17) is 0 Å². The Morgan fingerprint density at radius 2 is 1.12 bits per heavy atom. The van der Waals surface area contributed by atoms with Crippen LogP contribution >= 0.6 is 0 Å². The predicted molar refractivity (Wildman–Crippen MR) is 95.3 cm³/mol. The van der Waals surface area contributed by atoms with Gasteiger partial charge < -0.3 is 24.8 Å². The van der Waals surface area contributed by atoms with Crippen LogP contribution in [-0.2, 0) is 33.1 Å². The van der Waals surface area contributed by atoms with Crippen molar-refractivity contribution in [3.05, 3.63) is 76.3 Å². The minimum Gasteiger partial charge on any atom is -1.00 e. The molecule has 128 valence electrons. The van der Waals surface area contributed by atoms with E-state index in [1.807, 2.05) is 6.56 Å². The molecule has 0 spiro atoms. The first kappa shape index (κ1) is 19.2. The van der Waals surface area contributed by atoms with Gasteiger partial charge in [0.2, 0.25) is 0 Å². The third kappa shape index (κ3) is 2.93. The number of halogens is 2. The summed E-state index contributed by atoms with van der Waals surface area (Å²) >= 11 is -2.17. The minimum absolute atomic E-state index is 0. The molecule has 1 saturated heterocycles. The van der Waals surface area contributed by atoms with Crippen molar-refractivity contribution < 1.29 is 45.1 Å². The fraction of sp³-hybridized carbons (Fsp3) is 0.273. The molecule has 2 aromatic rings. The largest absolute Gasteiger partial charge is 1.00 e. The molecule has 3 heteroatoms. The first-order chi connectivity index (χ1) is 11.2. The van der Waals surface area contributed by atoms with Crippen molar-refractivity contribution in [3.63, 3.8) is 0 Å². The molecule has 3 aliphatic rings. The van der Waals surface area contributed by atoms with Crippen LogP contribution in [0.25, 0.3) is 12.2 Å². The van der Waals surface area contributed by atoms with Gasteiger partial charge in [0, 0.05) is 0 Å². The van der Waals surface area contributed by atoms with Crippen LogP contribution in [0.3, 0.4) is 0 Å². The second kappa shape index (κ2) is 6.84. The first-order valence-corrected chi connectivity index (χ1v) is 14.7. The maximum Gasteiger partial charge on any atom is -1.00 e. The SMILES string of the molecule is Cc1cccc2c1C=[C]([Zr+2]1([C]3=Cc4c(C)cccc4C3)[CH2][CH2]1)C2.[Cl-].[Cl-]. The van der Waals surface area contributed by atoms with Crippen molar-refractivity contribution in [3.8, 4) is 0 Å². The Labute approximate surface area is 167 Å². The van der Waals surface area contributed by atoms with Gasteiger partial charge in [-0.2, -0.15) is 0 Å². The van der Waals surface area contributed by atoms with E-state index in [-0.39, 0.29) is 24.8 Å². The van der Waals surface area contributed by atoms with Gasteiger partial charge in [0.25, 0.3) is 0 Å². The Kier molecular flexibility index (Phi) is 5.24. The Balaban J connectivity index is 0.000000911. The molecule has 1 fully saturated rings. The minimum atomic E-state index is -2.17. The van der Waals surface area contributed by atoms with E-state index in [9.17, 15) is 0 Å². The summed E-state index contributed by atoms with van der Waals surface area (Å²) in [5, 5.41) is 0. The number of hydrogen-bond acceptors (Lipinski definition) is 0. The summed E-state index contributed by atoms with van der Waals surface area (Å²) in [6, 6.07) is 13.7. The molecule has 0 aromatic heterocycles. The maximum atomic E-state index is 2.60. The van der Waals surface area contributed by atoms with Gasteiger partial charge >= 0.3 is 144 Å². The third-order valence-electron chi connectivity index (χ3n) is 6.21. The van der Waals surface area contributed by atoms with Crippen LogP contribution in [0.15, 0.2) is 43.0 Å². The summed E-state index contributed by atoms with van der Waals surface area (Å²) in [6.07, 6.45) is 7.70. The van der Waals surface area contributed by atoms with E-state index < -0.39 is 20.3 Å². The molecule has 2 aliphatic carbocycles. The molecular formula is C22H22Cl2Zr.